The minimum atomic E-state index is -0.193. The molecule has 1 atom stereocenters. The highest BCUT2D eigenvalue weighted by molar-refractivity contribution is 7.12. The SMILES string of the molecule is Cc1cc(C(C)NC(=O)c2cnccc2N)c(C)s1. The zero-order valence-corrected chi connectivity index (χ0v) is 12.0. The van der Waals surface area contributed by atoms with Crippen LogP contribution in [-0.2, 0) is 0 Å². The van der Waals surface area contributed by atoms with Crippen LogP contribution in [0.3, 0.4) is 0 Å². The van der Waals surface area contributed by atoms with Gasteiger partial charge in [-0.15, -0.1) is 11.3 Å². The molecule has 1 unspecified atom stereocenters. The number of anilines is 1. The summed E-state index contributed by atoms with van der Waals surface area (Å²) >= 11 is 1.74. The molecule has 0 aliphatic rings. The molecular formula is C14H17N3OS. The van der Waals surface area contributed by atoms with Gasteiger partial charge in [0.2, 0.25) is 0 Å². The fourth-order valence-electron chi connectivity index (χ4n) is 2.03. The van der Waals surface area contributed by atoms with Crippen molar-refractivity contribution in [2.24, 2.45) is 0 Å². The summed E-state index contributed by atoms with van der Waals surface area (Å²) in [6, 6.07) is 3.69. The minimum absolute atomic E-state index is 0.0444. The van der Waals surface area contributed by atoms with E-state index in [1.807, 2.05) is 6.92 Å². The third-order valence-corrected chi connectivity index (χ3v) is 3.97. The Morgan fingerprint density at radius 1 is 1.47 bits per heavy atom. The molecule has 1 amide bonds. The predicted octanol–water partition coefficient (Wildman–Crippen LogP) is 2.83. The summed E-state index contributed by atoms with van der Waals surface area (Å²) < 4.78 is 0. The first kappa shape index (κ1) is 13.5. The van der Waals surface area contributed by atoms with E-state index in [0.717, 1.165) is 5.56 Å². The third-order valence-electron chi connectivity index (χ3n) is 2.99. The van der Waals surface area contributed by atoms with Crippen LogP contribution in [0.2, 0.25) is 0 Å². The average molecular weight is 275 g/mol. The number of nitrogens with zero attached hydrogens (tertiary/aromatic N) is 1. The number of rotatable bonds is 3. The largest absolute Gasteiger partial charge is 0.398 e. The van der Waals surface area contributed by atoms with Crippen LogP contribution in [0.15, 0.2) is 24.5 Å². The zero-order valence-electron chi connectivity index (χ0n) is 11.2. The molecular weight excluding hydrogens is 258 g/mol. The Labute approximate surface area is 116 Å². The van der Waals surface area contributed by atoms with Crippen LogP contribution in [-0.4, -0.2) is 10.9 Å². The maximum absolute atomic E-state index is 12.1. The summed E-state index contributed by atoms with van der Waals surface area (Å²) in [4.78, 5) is 18.5. The first-order chi connectivity index (χ1) is 8.99. The maximum atomic E-state index is 12.1. The van der Waals surface area contributed by atoms with Crippen molar-refractivity contribution in [1.82, 2.24) is 10.3 Å². The Morgan fingerprint density at radius 2 is 2.21 bits per heavy atom. The predicted molar refractivity (Wildman–Crippen MR) is 78.3 cm³/mol. The fourth-order valence-corrected chi connectivity index (χ4v) is 3.05. The number of amides is 1. The summed E-state index contributed by atoms with van der Waals surface area (Å²) in [5.41, 5.74) is 7.78. The van der Waals surface area contributed by atoms with Gasteiger partial charge in [-0.25, -0.2) is 0 Å². The normalized spacial score (nSPS) is 12.2. The van der Waals surface area contributed by atoms with Gasteiger partial charge in [0.05, 0.1) is 11.6 Å². The molecule has 5 heteroatoms. The molecule has 2 rings (SSSR count). The molecule has 2 heterocycles. The van der Waals surface area contributed by atoms with Crippen molar-refractivity contribution in [3.63, 3.8) is 0 Å². The monoisotopic (exact) mass is 275 g/mol. The minimum Gasteiger partial charge on any atom is -0.398 e. The smallest absolute Gasteiger partial charge is 0.255 e. The number of aryl methyl sites for hydroxylation is 2. The second-order valence-corrected chi connectivity index (χ2v) is 5.99. The van der Waals surface area contributed by atoms with Gasteiger partial charge in [0.1, 0.15) is 0 Å². The van der Waals surface area contributed by atoms with E-state index < -0.39 is 0 Å². The van der Waals surface area contributed by atoms with Gasteiger partial charge in [0.15, 0.2) is 0 Å². The molecule has 0 spiro atoms. The van der Waals surface area contributed by atoms with Crippen LogP contribution >= 0.6 is 11.3 Å². The van der Waals surface area contributed by atoms with Gasteiger partial charge in [-0.2, -0.15) is 0 Å². The molecule has 4 nitrogen and oxygen atoms in total. The lowest BCUT2D eigenvalue weighted by Gasteiger charge is -2.14. The number of aromatic nitrogens is 1. The summed E-state index contributed by atoms with van der Waals surface area (Å²) in [5, 5.41) is 2.96. The first-order valence-electron chi connectivity index (χ1n) is 6.06. The average Bonchev–Trinajstić information content (AvgIpc) is 2.69. The van der Waals surface area contributed by atoms with Crippen molar-refractivity contribution >= 4 is 22.9 Å². The lowest BCUT2D eigenvalue weighted by Crippen LogP contribution is -2.27. The lowest BCUT2D eigenvalue weighted by molar-refractivity contribution is 0.0940. The highest BCUT2D eigenvalue weighted by Crippen LogP contribution is 2.26. The van der Waals surface area contributed by atoms with Gasteiger partial charge >= 0.3 is 0 Å². The number of nitrogens with one attached hydrogen (secondary N) is 1. The van der Waals surface area contributed by atoms with Crippen molar-refractivity contribution < 1.29 is 4.79 Å². The quantitative estimate of drug-likeness (QED) is 0.905. The van der Waals surface area contributed by atoms with E-state index in [-0.39, 0.29) is 11.9 Å². The number of nitrogen functional groups attached to an aromatic ring is 1. The Kier molecular flexibility index (Phi) is 3.85. The second kappa shape index (κ2) is 5.40. The number of thiophene rings is 1. The van der Waals surface area contributed by atoms with Gasteiger partial charge in [0, 0.05) is 27.8 Å². The van der Waals surface area contributed by atoms with E-state index in [9.17, 15) is 4.79 Å². The summed E-state index contributed by atoms with van der Waals surface area (Å²) in [6.45, 7) is 6.10. The van der Waals surface area contributed by atoms with Crippen LogP contribution in [0, 0.1) is 13.8 Å². The molecule has 2 aromatic heterocycles. The van der Waals surface area contributed by atoms with E-state index >= 15 is 0 Å². The first-order valence-corrected chi connectivity index (χ1v) is 6.88. The third kappa shape index (κ3) is 2.93. The van der Waals surface area contributed by atoms with Crippen molar-refractivity contribution in [3.8, 4) is 0 Å². The van der Waals surface area contributed by atoms with Crippen molar-refractivity contribution in [2.45, 2.75) is 26.8 Å². The van der Waals surface area contributed by atoms with E-state index in [0.29, 0.717) is 11.3 Å². The second-order valence-electron chi connectivity index (χ2n) is 4.53. The van der Waals surface area contributed by atoms with Gasteiger partial charge in [-0.05, 0) is 38.5 Å². The Hall–Kier alpha value is -1.88. The Bertz CT molecular complexity index is 606. The number of carbonyl (C=O) groups is 1. The topological polar surface area (TPSA) is 68.0 Å². The van der Waals surface area contributed by atoms with Gasteiger partial charge < -0.3 is 11.1 Å². The van der Waals surface area contributed by atoms with Crippen LogP contribution in [0.4, 0.5) is 5.69 Å². The van der Waals surface area contributed by atoms with Crippen molar-refractivity contribution in [3.05, 3.63) is 45.4 Å². The van der Waals surface area contributed by atoms with Crippen molar-refractivity contribution in [2.75, 3.05) is 5.73 Å². The Balaban J connectivity index is 2.15. The molecule has 0 saturated carbocycles. The van der Waals surface area contributed by atoms with Gasteiger partial charge in [0.25, 0.3) is 5.91 Å². The van der Waals surface area contributed by atoms with E-state index in [4.69, 9.17) is 5.73 Å². The lowest BCUT2D eigenvalue weighted by atomic mass is 10.1. The van der Waals surface area contributed by atoms with E-state index in [1.54, 1.807) is 23.6 Å². The number of carbonyl (C=O) groups excluding carboxylic acids is 1. The molecule has 0 bridgehead atoms. The molecule has 0 aliphatic heterocycles. The highest BCUT2D eigenvalue weighted by atomic mass is 32.1. The fraction of sp³-hybridized carbons (Fsp3) is 0.286. The molecule has 0 saturated heterocycles. The molecule has 100 valence electrons. The zero-order chi connectivity index (χ0) is 14.0. The molecule has 0 aliphatic carbocycles. The molecule has 3 N–H and O–H groups in total. The van der Waals surface area contributed by atoms with Crippen LogP contribution in [0.25, 0.3) is 0 Å². The number of nitrogens with two attached hydrogens (primary N) is 1. The molecule has 0 aromatic carbocycles. The molecule has 0 radical (unpaired) electrons. The van der Waals surface area contributed by atoms with Gasteiger partial charge in [-0.3, -0.25) is 9.78 Å². The maximum Gasteiger partial charge on any atom is 0.255 e. The van der Waals surface area contributed by atoms with E-state index in [1.165, 1.54) is 16.0 Å². The number of hydrogen-bond acceptors (Lipinski definition) is 4. The number of pyridine rings is 1. The van der Waals surface area contributed by atoms with Crippen LogP contribution in [0.1, 0.15) is 38.6 Å². The van der Waals surface area contributed by atoms with Crippen molar-refractivity contribution in [1.29, 1.82) is 0 Å². The standard InChI is InChI=1S/C14H17N3OS/c1-8-6-11(10(3)19-8)9(2)17-14(18)12-7-16-5-4-13(12)15/h4-7,9H,1-3H3,(H2,15,16)(H,17,18). The molecule has 0 fully saturated rings. The van der Waals surface area contributed by atoms with E-state index in [2.05, 4.69) is 30.2 Å². The number of hydrogen-bond donors (Lipinski definition) is 2. The summed E-state index contributed by atoms with van der Waals surface area (Å²) in [7, 11) is 0. The van der Waals surface area contributed by atoms with Crippen LogP contribution < -0.4 is 11.1 Å². The summed E-state index contributed by atoms with van der Waals surface area (Å²) in [6.07, 6.45) is 3.06. The van der Waals surface area contributed by atoms with Crippen LogP contribution in [0.5, 0.6) is 0 Å². The highest BCUT2D eigenvalue weighted by Gasteiger charge is 2.16. The van der Waals surface area contributed by atoms with Gasteiger partial charge in [-0.1, -0.05) is 0 Å². The Morgan fingerprint density at radius 3 is 2.79 bits per heavy atom. The summed E-state index contributed by atoms with van der Waals surface area (Å²) in [5.74, 6) is -0.193. The molecule has 2 aromatic rings. The molecule has 19 heavy (non-hydrogen) atoms.